The van der Waals surface area contributed by atoms with Gasteiger partial charge in [-0.15, -0.1) is 0 Å². The molecule has 1 aliphatic heterocycles. The van der Waals surface area contributed by atoms with Crippen molar-refractivity contribution in [3.05, 3.63) is 64.4 Å². The first-order valence-electron chi connectivity index (χ1n) is 8.64. The number of hydrogen-bond acceptors (Lipinski definition) is 3. The van der Waals surface area contributed by atoms with Crippen molar-refractivity contribution in [1.82, 2.24) is 9.62 Å². The van der Waals surface area contributed by atoms with Crippen molar-refractivity contribution in [2.24, 2.45) is 5.92 Å². The van der Waals surface area contributed by atoms with Crippen molar-refractivity contribution in [2.75, 3.05) is 13.1 Å². The van der Waals surface area contributed by atoms with Crippen molar-refractivity contribution < 1.29 is 17.6 Å². The van der Waals surface area contributed by atoms with Crippen LogP contribution in [-0.2, 0) is 21.4 Å². The van der Waals surface area contributed by atoms with E-state index in [1.807, 2.05) is 0 Å². The van der Waals surface area contributed by atoms with Crippen molar-refractivity contribution in [3.8, 4) is 0 Å². The van der Waals surface area contributed by atoms with Gasteiger partial charge in [0.05, 0.1) is 4.90 Å². The standard InChI is InChI=1S/C19H20BrFN2O3S/c20-16-3-7-18(8-4-16)27(25,26)23-11-9-15(10-12-23)19(24)22-13-14-1-5-17(21)6-2-14/h1-8,15H,9-13H2,(H,22,24). The van der Waals surface area contributed by atoms with Crippen LogP contribution in [0, 0.1) is 11.7 Å². The van der Waals surface area contributed by atoms with E-state index in [1.165, 1.54) is 16.4 Å². The third-order valence-corrected chi connectivity index (χ3v) is 7.10. The second-order valence-corrected chi connectivity index (χ2v) is 9.33. The second kappa shape index (κ2) is 8.50. The summed E-state index contributed by atoms with van der Waals surface area (Å²) in [6.07, 6.45) is 0.954. The number of halogens is 2. The molecule has 8 heteroatoms. The monoisotopic (exact) mass is 454 g/mol. The number of amides is 1. The number of nitrogens with one attached hydrogen (secondary N) is 1. The van der Waals surface area contributed by atoms with Crippen LogP contribution in [0.3, 0.4) is 0 Å². The SMILES string of the molecule is O=C(NCc1ccc(F)cc1)C1CCN(S(=O)(=O)c2ccc(Br)cc2)CC1. The molecule has 1 N–H and O–H groups in total. The molecule has 2 aromatic carbocycles. The molecule has 0 unspecified atom stereocenters. The van der Waals surface area contributed by atoms with Gasteiger partial charge >= 0.3 is 0 Å². The predicted molar refractivity (Wildman–Crippen MR) is 104 cm³/mol. The van der Waals surface area contributed by atoms with Gasteiger partial charge in [0.25, 0.3) is 0 Å². The normalized spacial score (nSPS) is 16.2. The molecule has 2 aromatic rings. The van der Waals surface area contributed by atoms with Gasteiger partial charge in [0, 0.05) is 30.0 Å². The number of rotatable bonds is 5. The van der Waals surface area contributed by atoms with Crippen LogP contribution in [0.4, 0.5) is 4.39 Å². The van der Waals surface area contributed by atoms with Crippen LogP contribution in [-0.4, -0.2) is 31.7 Å². The van der Waals surface area contributed by atoms with E-state index in [2.05, 4.69) is 21.2 Å². The lowest BCUT2D eigenvalue weighted by atomic mass is 9.97. The van der Waals surface area contributed by atoms with E-state index in [0.717, 1.165) is 10.0 Å². The highest BCUT2D eigenvalue weighted by atomic mass is 79.9. The first-order chi connectivity index (χ1) is 12.9. The molecule has 1 amide bonds. The summed E-state index contributed by atoms with van der Waals surface area (Å²) >= 11 is 3.30. The third-order valence-electron chi connectivity index (χ3n) is 4.66. The quantitative estimate of drug-likeness (QED) is 0.753. The molecule has 0 saturated carbocycles. The van der Waals surface area contributed by atoms with Gasteiger partial charge in [0.1, 0.15) is 5.82 Å². The van der Waals surface area contributed by atoms with E-state index in [0.29, 0.717) is 32.5 Å². The fraction of sp³-hybridized carbons (Fsp3) is 0.316. The molecule has 0 bridgehead atoms. The largest absolute Gasteiger partial charge is 0.352 e. The Balaban J connectivity index is 1.54. The fourth-order valence-electron chi connectivity index (χ4n) is 3.05. The number of sulfonamides is 1. The Morgan fingerprint density at radius 1 is 1.07 bits per heavy atom. The fourth-order valence-corrected chi connectivity index (χ4v) is 4.78. The first kappa shape index (κ1) is 20.0. The summed E-state index contributed by atoms with van der Waals surface area (Å²) in [5.74, 6) is -0.633. The van der Waals surface area contributed by atoms with E-state index < -0.39 is 10.0 Å². The zero-order valence-electron chi connectivity index (χ0n) is 14.6. The van der Waals surface area contributed by atoms with Crippen molar-refractivity contribution in [1.29, 1.82) is 0 Å². The Hall–Kier alpha value is -1.77. The summed E-state index contributed by atoms with van der Waals surface area (Å²) in [6, 6.07) is 12.5. The lowest BCUT2D eigenvalue weighted by Crippen LogP contribution is -2.42. The van der Waals surface area contributed by atoms with Gasteiger partial charge in [-0.1, -0.05) is 28.1 Å². The van der Waals surface area contributed by atoms with E-state index in [9.17, 15) is 17.6 Å². The van der Waals surface area contributed by atoms with Gasteiger partial charge in [-0.05, 0) is 54.8 Å². The van der Waals surface area contributed by atoms with E-state index in [4.69, 9.17) is 0 Å². The van der Waals surface area contributed by atoms with E-state index in [-0.39, 0.29) is 22.5 Å². The topological polar surface area (TPSA) is 66.5 Å². The van der Waals surface area contributed by atoms with Crippen molar-refractivity contribution in [3.63, 3.8) is 0 Å². The molecule has 0 spiro atoms. The number of piperidine rings is 1. The molecule has 27 heavy (non-hydrogen) atoms. The van der Waals surface area contributed by atoms with Gasteiger partial charge in [-0.2, -0.15) is 4.31 Å². The van der Waals surface area contributed by atoms with Gasteiger partial charge in [0.2, 0.25) is 15.9 Å². The van der Waals surface area contributed by atoms with Gasteiger partial charge in [-0.3, -0.25) is 4.79 Å². The van der Waals surface area contributed by atoms with Crippen LogP contribution < -0.4 is 5.32 Å². The lowest BCUT2D eigenvalue weighted by molar-refractivity contribution is -0.126. The molecule has 0 radical (unpaired) electrons. The summed E-state index contributed by atoms with van der Waals surface area (Å²) < 4.78 is 40.5. The Bertz CT molecular complexity index is 894. The highest BCUT2D eigenvalue weighted by molar-refractivity contribution is 9.10. The zero-order chi connectivity index (χ0) is 19.4. The van der Waals surface area contributed by atoms with Crippen LogP contribution >= 0.6 is 15.9 Å². The van der Waals surface area contributed by atoms with E-state index >= 15 is 0 Å². The molecular formula is C19H20BrFN2O3S. The Labute approximate surface area is 166 Å². The van der Waals surface area contributed by atoms with Gasteiger partial charge in [0.15, 0.2) is 0 Å². The first-order valence-corrected chi connectivity index (χ1v) is 10.9. The average molecular weight is 455 g/mol. The smallest absolute Gasteiger partial charge is 0.243 e. The molecule has 0 atom stereocenters. The van der Waals surface area contributed by atoms with Gasteiger partial charge < -0.3 is 5.32 Å². The van der Waals surface area contributed by atoms with Gasteiger partial charge in [-0.25, -0.2) is 12.8 Å². The van der Waals surface area contributed by atoms with Crippen LogP contribution in [0.15, 0.2) is 57.9 Å². The molecule has 1 saturated heterocycles. The number of nitrogens with zero attached hydrogens (tertiary/aromatic N) is 1. The predicted octanol–water partition coefficient (Wildman–Crippen LogP) is 3.31. The van der Waals surface area contributed by atoms with Crippen LogP contribution in [0.2, 0.25) is 0 Å². The Morgan fingerprint density at radius 3 is 2.26 bits per heavy atom. The number of carbonyl (C=O) groups is 1. The van der Waals surface area contributed by atoms with E-state index in [1.54, 1.807) is 36.4 Å². The number of carbonyl (C=O) groups excluding carboxylic acids is 1. The Morgan fingerprint density at radius 2 is 1.67 bits per heavy atom. The van der Waals surface area contributed by atoms with Crippen molar-refractivity contribution in [2.45, 2.75) is 24.3 Å². The summed E-state index contributed by atoms with van der Waals surface area (Å²) in [5.41, 5.74) is 0.819. The highest BCUT2D eigenvalue weighted by Gasteiger charge is 2.31. The summed E-state index contributed by atoms with van der Waals surface area (Å²) in [5, 5.41) is 2.85. The van der Waals surface area contributed by atoms with Crippen LogP contribution in [0.5, 0.6) is 0 Å². The molecule has 1 heterocycles. The molecular weight excluding hydrogens is 435 g/mol. The molecule has 144 valence electrons. The summed E-state index contributed by atoms with van der Waals surface area (Å²) in [7, 11) is -3.54. The van der Waals surface area contributed by atoms with Crippen LogP contribution in [0.25, 0.3) is 0 Å². The third kappa shape index (κ3) is 4.94. The van der Waals surface area contributed by atoms with Crippen molar-refractivity contribution >= 4 is 31.9 Å². The minimum absolute atomic E-state index is 0.0972. The molecule has 1 aliphatic rings. The molecule has 3 rings (SSSR count). The maximum Gasteiger partial charge on any atom is 0.243 e. The molecule has 1 fully saturated rings. The number of benzene rings is 2. The Kier molecular flexibility index (Phi) is 6.29. The minimum atomic E-state index is -3.54. The second-order valence-electron chi connectivity index (χ2n) is 6.48. The van der Waals surface area contributed by atoms with Crippen LogP contribution in [0.1, 0.15) is 18.4 Å². The molecule has 0 aromatic heterocycles. The molecule has 5 nitrogen and oxygen atoms in total. The average Bonchev–Trinajstić information content (AvgIpc) is 2.68. The number of hydrogen-bond donors (Lipinski definition) is 1. The maximum atomic E-state index is 12.9. The lowest BCUT2D eigenvalue weighted by Gasteiger charge is -2.30. The summed E-state index contributed by atoms with van der Waals surface area (Å²) in [6.45, 7) is 0.955. The molecule has 0 aliphatic carbocycles. The summed E-state index contributed by atoms with van der Waals surface area (Å²) in [4.78, 5) is 12.6. The maximum absolute atomic E-state index is 12.9. The highest BCUT2D eigenvalue weighted by Crippen LogP contribution is 2.25. The minimum Gasteiger partial charge on any atom is -0.352 e. The zero-order valence-corrected chi connectivity index (χ0v) is 17.0.